The molecule has 3 unspecified atom stereocenters. The van der Waals surface area contributed by atoms with Gasteiger partial charge in [-0.25, -0.2) is 18.0 Å². The fourth-order valence-corrected chi connectivity index (χ4v) is 5.88. The summed E-state index contributed by atoms with van der Waals surface area (Å²) in [4.78, 5) is 41.7. The molecule has 0 aromatic heterocycles. The number of hydrogen-bond donors (Lipinski definition) is 1. The van der Waals surface area contributed by atoms with E-state index >= 15 is 0 Å². The summed E-state index contributed by atoms with van der Waals surface area (Å²) in [5.41, 5.74) is 0.151. The molecule has 2 aromatic carbocycles. The molecule has 2 aromatic rings. The van der Waals surface area contributed by atoms with Crippen molar-refractivity contribution in [2.75, 3.05) is 7.11 Å². The molecule has 4 atom stereocenters. The van der Waals surface area contributed by atoms with Crippen molar-refractivity contribution in [3.05, 3.63) is 70.5 Å². The van der Waals surface area contributed by atoms with Crippen LogP contribution in [-0.2, 0) is 9.53 Å². The van der Waals surface area contributed by atoms with Gasteiger partial charge in [-0.1, -0.05) is 18.2 Å². The number of carbonyl (C=O) groups is 3. The number of methoxy groups -OCH3 is 1. The largest absolute Gasteiger partial charge is 0.467 e. The summed E-state index contributed by atoms with van der Waals surface area (Å²) in [5.74, 6) is -6.19. The first-order valence-corrected chi connectivity index (χ1v) is 11.4. The van der Waals surface area contributed by atoms with Crippen LogP contribution >= 0.6 is 0 Å². The van der Waals surface area contributed by atoms with Gasteiger partial charge in [0.25, 0.3) is 11.8 Å². The summed E-state index contributed by atoms with van der Waals surface area (Å²) in [6.07, 6.45) is 0.405. The van der Waals surface area contributed by atoms with Crippen molar-refractivity contribution in [3.8, 4) is 0 Å². The van der Waals surface area contributed by atoms with Gasteiger partial charge in [-0.3, -0.25) is 14.5 Å². The summed E-state index contributed by atoms with van der Waals surface area (Å²) in [6, 6.07) is 5.58. The summed E-state index contributed by atoms with van der Waals surface area (Å²) < 4.78 is 46.4. The van der Waals surface area contributed by atoms with Crippen LogP contribution in [0.4, 0.5) is 13.2 Å². The van der Waals surface area contributed by atoms with Gasteiger partial charge in [0.15, 0.2) is 17.9 Å². The molecule has 1 N–H and O–H groups in total. The Morgan fingerprint density at radius 3 is 2.29 bits per heavy atom. The lowest BCUT2D eigenvalue weighted by atomic mass is 9.83. The minimum Gasteiger partial charge on any atom is -0.467 e. The highest BCUT2D eigenvalue weighted by atomic mass is 19.2. The molecular formula is C25H23F3N2O5. The number of rotatable bonds is 4. The highest BCUT2D eigenvalue weighted by Crippen LogP contribution is 2.44. The number of benzene rings is 2. The second kappa shape index (κ2) is 8.67. The highest BCUT2D eigenvalue weighted by Gasteiger charge is 2.52. The van der Waals surface area contributed by atoms with Crippen LogP contribution in [-0.4, -0.2) is 57.9 Å². The zero-order valence-corrected chi connectivity index (χ0v) is 18.8. The molecule has 10 heteroatoms. The van der Waals surface area contributed by atoms with Crippen LogP contribution < -0.4 is 0 Å². The molecule has 3 heterocycles. The first-order chi connectivity index (χ1) is 16.7. The first kappa shape index (κ1) is 23.3. The quantitative estimate of drug-likeness (QED) is 0.528. The van der Waals surface area contributed by atoms with Crippen LogP contribution in [0, 0.1) is 23.4 Å². The van der Waals surface area contributed by atoms with E-state index in [1.54, 1.807) is 24.3 Å². The minimum atomic E-state index is -1.38. The number of nitrogens with zero attached hydrogens (tertiary/aromatic N) is 2. The topological polar surface area (TPSA) is 87.2 Å². The molecule has 0 aliphatic carbocycles. The van der Waals surface area contributed by atoms with E-state index in [1.807, 2.05) is 0 Å². The van der Waals surface area contributed by atoms with Crippen molar-refractivity contribution in [2.45, 2.75) is 50.0 Å². The number of carbonyl (C=O) groups excluding carboxylic acids is 3. The molecule has 0 spiro atoms. The van der Waals surface area contributed by atoms with E-state index in [0.29, 0.717) is 48.9 Å². The van der Waals surface area contributed by atoms with Gasteiger partial charge < -0.3 is 14.7 Å². The Morgan fingerprint density at radius 2 is 1.66 bits per heavy atom. The smallest absolute Gasteiger partial charge is 0.328 e. The van der Waals surface area contributed by atoms with E-state index in [-0.39, 0.29) is 0 Å². The summed E-state index contributed by atoms with van der Waals surface area (Å²) >= 11 is 0. The number of aliphatic hydroxyl groups excluding tert-OH is 1. The van der Waals surface area contributed by atoms with Gasteiger partial charge in [-0.05, 0) is 43.7 Å². The number of hydrogen-bond acceptors (Lipinski definition) is 5. The molecule has 3 aliphatic rings. The SMILES string of the molecule is COC(=O)[C@H](C1CC2CCC(C1)N2C(=O)c1cc(F)c(F)cc1F)N1C(=O)c2ccccc2C1O. The van der Waals surface area contributed by atoms with Crippen molar-refractivity contribution >= 4 is 17.8 Å². The van der Waals surface area contributed by atoms with Crippen molar-refractivity contribution < 1.29 is 37.4 Å². The third-order valence-electron chi connectivity index (χ3n) is 7.40. The van der Waals surface area contributed by atoms with Crippen LogP contribution in [0.25, 0.3) is 0 Å². The van der Waals surface area contributed by atoms with Crippen LogP contribution in [0.15, 0.2) is 36.4 Å². The van der Waals surface area contributed by atoms with E-state index in [1.165, 1.54) is 12.0 Å². The second-order valence-corrected chi connectivity index (χ2v) is 9.22. The summed E-state index contributed by atoms with van der Waals surface area (Å²) in [6.45, 7) is 0. The zero-order chi connectivity index (χ0) is 25.0. The van der Waals surface area contributed by atoms with Crippen LogP contribution in [0.5, 0.6) is 0 Å². The molecule has 184 valence electrons. The molecule has 35 heavy (non-hydrogen) atoms. The number of esters is 1. The van der Waals surface area contributed by atoms with Crippen molar-refractivity contribution in [1.29, 1.82) is 0 Å². The Labute approximate surface area is 199 Å². The van der Waals surface area contributed by atoms with Crippen LogP contribution in [0.2, 0.25) is 0 Å². The maximum absolute atomic E-state index is 14.3. The van der Waals surface area contributed by atoms with Gasteiger partial charge >= 0.3 is 5.97 Å². The van der Waals surface area contributed by atoms with Gasteiger partial charge in [-0.2, -0.15) is 0 Å². The lowest BCUT2D eigenvalue weighted by Crippen LogP contribution is -2.55. The van der Waals surface area contributed by atoms with Gasteiger partial charge in [0.2, 0.25) is 0 Å². The lowest BCUT2D eigenvalue weighted by Gasteiger charge is -2.43. The Hall–Kier alpha value is -3.40. The van der Waals surface area contributed by atoms with Crippen LogP contribution in [0.3, 0.4) is 0 Å². The third-order valence-corrected chi connectivity index (χ3v) is 7.40. The van der Waals surface area contributed by atoms with E-state index in [9.17, 15) is 32.7 Å². The van der Waals surface area contributed by atoms with Gasteiger partial charge in [0, 0.05) is 29.3 Å². The van der Waals surface area contributed by atoms with Gasteiger partial charge in [0.05, 0.1) is 12.7 Å². The fraction of sp³-hybridized carbons (Fsp3) is 0.400. The molecule has 2 fully saturated rings. The minimum absolute atomic E-state index is 0.292. The normalized spacial score (nSPS) is 26.0. The van der Waals surface area contributed by atoms with Crippen LogP contribution in [0.1, 0.15) is 58.2 Å². The lowest BCUT2D eigenvalue weighted by molar-refractivity contribution is -0.153. The molecule has 0 saturated carbocycles. The number of aliphatic hydroxyl groups is 1. The highest BCUT2D eigenvalue weighted by molar-refractivity contribution is 6.01. The number of amides is 2. The molecule has 2 amide bonds. The van der Waals surface area contributed by atoms with Crippen molar-refractivity contribution in [1.82, 2.24) is 9.80 Å². The second-order valence-electron chi connectivity index (χ2n) is 9.22. The number of ether oxygens (including phenoxy) is 1. The zero-order valence-electron chi connectivity index (χ0n) is 18.8. The third kappa shape index (κ3) is 3.67. The Balaban J connectivity index is 1.42. The van der Waals surface area contributed by atoms with Gasteiger partial charge in [-0.15, -0.1) is 0 Å². The number of halogens is 3. The summed E-state index contributed by atoms with van der Waals surface area (Å²) in [5, 5.41) is 10.9. The standard InChI is InChI=1S/C25H23F3N2O5/c1-35-25(34)21(30-22(31)15-4-2-3-5-16(15)23(30)32)12-8-13-6-7-14(9-12)29(13)24(33)17-10-19(27)20(28)11-18(17)26/h2-5,10-14,21-22,31H,6-9H2,1H3/t12?,13?,14?,21-,22?/m0/s1. The average Bonchev–Trinajstić information content (AvgIpc) is 3.25. The molecule has 2 bridgehead atoms. The van der Waals surface area contributed by atoms with Crippen molar-refractivity contribution in [2.24, 2.45) is 5.92 Å². The average molecular weight is 488 g/mol. The maximum atomic E-state index is 14.3. The van der Waals surface area contributed by atoms with Gasteiger partial charge in [0.1, 0.15) is 11.9 Å². The fourth-order valence-electron chi connectivity index (χ4n) is 5.88. The maximum Gasteiger partial charge on any atom is 0.328 e. The van der Waals surface area contributed by atoms with E-state index in [4.69, 9.17) is 4.74 Å². The molecular weight excluding hydrogens is 465 g/mol. The predicted molar refractivity (Wildman–Crippen MR) is 115 cm³/mol. The van der Waals surface area contributed by atoms with E-state index in [2.05, 4.69) is 0 Å². The number of piperidine rings is 1. The Morgan fingerprint density at radius 1 is 1.03 bits per heavy atom. The summed E-state index contributed by atoms with van der Waals surface area (Å²) in [7, 11) is 1.20. The molecule has 5 rings (SSSR count). The molecule has 7 nitrogen and oxygen atoms in total. The monoisotopic (exact) mass is 488 g/mol. The molecule has 3 aliphatic heterocycles. The molecule has 0 radical (unpaired) electrons. The Bertz CT molecular complexity index is 1210. The first-order valence-electron chi connectivity index (χ1n) is 11.4. The van der Waals surface area contributed by atoms with E-state index in [0.717, 1.165) is 4.90 Å². The Kier molecular flexibility index (Phi) is 5.79. The number of fused-ring (bicyclic) bond motifs is 3. The molecule has 2 saturated heterocycles. The van der Waals surface area contributed by atoms with E-state index < -0.39 is 71.1 Å². The predicted octanol–water partition coefficient (Wildman–Crippen LogP) is 3.18. The van der Waals surface area contributed by atoms with Crippen molar-refractivity contribution in [3.63, 3.8) is 0 Å².